The lowest BCUT2D eigenvalue weighted by Crippen LogP contribution is -2.17. The maximum atomic E-state index is 11.1. The summed E-state index contributed by atoms with van der Waals surface area (Å²) in [4.78, 5) is 11.1. The summed E-state index contributed by atoms with van der Waals surface area (Å²) in [7, 11) is 1.53. The number of rotatable bonds is 5. The van der Waals surface area contributed by atoms with E-state index >= 15 is 0 Å². The summed E-state index contributed by atoms with van der Waals surface area (Å²) < 4.78 is 9.78. The molecule has 0 radical (unpaired) electrons. The Morgan fingerprint density at radius 3 is 2.88 bits per heavy atom. The Balaban J connectivity index is 2.71. The lowest BCUT2D eigenvalue weighted by molar-refractivity contribution is -0.140. The molecule has 0 amide bonds. The van der Waals surface area contributed by atoms with Gasteiger partial charge in [-0.3, -0.25) is 4.79 Å². The fraction of sp³-hybridized carbons (Fsp3) is 0.333. The highest BCUT2D eigenvalue weighted by atomic mass is 16.5. The maximum absolute atomic E-state index is 11.1. The average Bonchev–Trinajstić information content (AvgIpc) is 2.36. The molecule has 5 nitrogen and oxygen atoms in total. The number of methoxy groups -OCH3 is 1. The highest BCUT2D eigenvalue weighted by Gasteiger charge is 2.06. The quantitative estimate of drug-likeness (QED) is 0.782. The number of carbonyl (C=O) groups is 1. The summed E-state index contributed by atoms with van der Waals surface area (Å²) in [5.41, 5.74) is 1.01. The monoisotopic (exact) mass is 234 g/mol. The molecule has 0 aliphatic carbocycles. The lowest BCUT2D eigenvalue weighted by Gasteiger charge is -2.08. The maximum Gasteiger partial charge on any atom is 0.325 e. The highest BCUT2D eigenvalue weighted by Crippen LogP contribution is 2.20. The van der Waals surface area contributed by atoms with E-state index in [9.17, 15) is 4.79 Å². The zero-order chi connectivity index (χ0) is 12.7. The van der Waals surface area contributed by atoms with Crippen molar-refractivity contribution < 1.29 is 14.3 Å². The first-order valence-corrected chi connectivity index (χ1v) is 5.19. The predicted molar refractivity (Wildman–Crippen MR) is 62.8 cm³/mol. The van der Waals surface area contributed by atoms with Gasteiger partial charge in [0.05, 0.1) is 25.0 Å². The van der Waals surface area contributed by atoms with Crippen molar-refractivity contribution in [2.24, 2.45) is 0 Å². The van der Waals surface area contributed by atoms with Gasteiger partial charge in [-0.25, -0.2) is 0 Å². The normalized spacial score (nSPS) is 9.24. The van der Waals surface area contributed by atoms with Crippen molar-refractivity contribution in [1.82, 2.24) is 0 Å². The highest BCUT2D eigenvalue weighted by molar-refractivity contribution is 5.76. The third-order valence-electron chi connectivity index (χ3n) is 2.08. The first kappa shape index (κ1) is 12.8. The van der Waals surface area contributed by atoms with E-state index in [4.69, 9.17) is 14.7 Å². The molecule has 0 atom stereocenters. The number of esters is 1. The summed E-state index contributed by atoms with van der Waals surface area (Å²) in [5.74, 6) is 0.246. The molecule has 1 aromatic carbocycles. The molecule has 0 aromatic heterocycles. The Bertz CT molecular complexity index is 438. The van der Waals surface area contributed by atoms with Gasteiger partial charge < -0.3 is 14.8 Å². The number of nitriles is 1. The van der Waals surface area contributed by atoms with Crippen LogP contribution in [0.2, 0.25) is 0 Å². The van der Waals surface area contributed by atoms with Gasteiger partial charge in [0.2, 0.25) is 0 Å². The molecular formula is C12H14N2O3. The molecule has 0 heterocycles. The molecule has 0 fully saturated rings. The number of carbonyl (C=O) groups excluding carboxylic acids is 1. The van der Waals surface area contributed by atoms with Crippen molar-refractivity contribution in [2.75, 3.05) is 25.6 Å². The second-order valence-electron chi connectivity index (χ2n) is 3.18. The number of nitrogens with one attached hydrogen (secondary N) is 1. The smallest absolute Gasteiger partial charge is 0.325 e. The molecule has 0 spiro atoms. The first-order chi connectivity index (χ1) is 8.21. The van der Waals surface area contributed by atoms with Crippen LogP contribution in [0.25, 0.3) is 0 Å². The van der Waals surface area contributed by atoms with Gasteiger partial charge in [0, 0.05) is 0 Å². The van der Waals surface area contributed by atoms with Crippen LogP contribution in [0.5, 0.6) is 5.75 Å². The van der Waals surface area contributed by atoms with Gasteiger partial charge in [0.25, 0.3) is 0 Å². The van der Waals surface area contributed by atoms with E-state index in [-0.39, 0.29) is 12.5 Å². The van der Waals surface area contributed by atoms with Gasteiger partial charge in [-0.05, 0) is 25.1 Å². The van der Waals surface area contributed by atoms with Crippen molar-refractivity contribution in [3.05, 3.63) is 23.8 Å². The van der Waals surface area contributed by atoms with Crippen LogP contribution in [-0.4, -0.2) is 26.2 Å². The third kappa shape index (κ3) is 3.68. The second kappa shape index (κ2) is 6.38. The van der Waals surface area contributed by atoms with E-state index in [0.29, 0.717) is 23.6 Å². The number of hydrogen-bond donors (Lipinski definition) is 1. The first-order valence-electron chi connectivity index (χ1n) is 5.19. The van der Waals surface area contributed by atoms with Crippen LogP contribution in [-0.2, 0) is 9.53 Å². The standard InChI is InChI=1S/C12H14N2O3/c1-3-17-12(15)8-14-11-5-4-10(16-2)6-9(11)7-13/h4-6,14H,3,8H2,1-2H3. The van der Waals surface area contributed by atoms with Crippen molar-refractivity contribution in [1.29, 1.82) is 5.26 Å². The fourth-order valence-electron chi connectivity index (χ4n) is 1.28. The molecule has 1 rings (SSSR count). The second-order valence-corrected chi connectivity index (χ2v) is 3.18. The van der Waals surface area contributed by atoms with E-state index < -0.39 is 0 Å². The molecule has 0 bridgehead atoms. The summed E-state index contributed by atoms with van der Waals surface area (Å²) in [6, 6.07) is 7.04. The van der Waals surface area contributed by atoms with E-state index in [0.717, 1.165) is 0 Å². The molecule has 0 aliphatic heterocycles. The molecule has 5 heteroatoms. The number of anilines is 1. The molecular weight excluding hydrogens is 220 g/mol. The van der Waals surface area contributed by atoms with Crippen molar-refractivity contribution in [2.45, 2.75) is 6.92 Å². The Morgan fingerprint density at radius 1 is 1.53 bits per heavy atom. The van der Waals surface area contributed by atoms with Gasteiger partial charge in [0.15, 0.2) is 0 Å². The minimum Gasteiger partial charge on any atom is -0.497 e. The number of nitrogens with zero attached hydrogens (tertiary/aromatic N) is 1. The van der Waals surface area contributed by atoms with Crippen LogP contribution in [0, 0.1) is 11.3 Å². The van der Waals surface area contributed by atoms with E-state index in [1.165, 1.54) is 7.11 Å². The molecule has 17 heavy (non-hydrogen) atoms. The Labute approximate surface area is 100.0 Å². The molecule has 0 saturated heterocycles. The fourth-order valence-corrected chi connectivity index (χ4v) is 1.28. The van der Waals surface area contributed by atoms with Crippen molar-refractivity contribution in [3.63, 3.8) is 0 Å². The largest absolute Gasteiger partial charge is 0.497 e. The van der Waals surface area contributed by atoms with Crippen LogP contribution >= 0.6 is 0 Å². The Morgan fingerprint density at radius 2 is 2.29 bits per heavy atom. The third-order valence-corrected chi connectivity index (χ3v) is 2.08. The average molecular weight is 234 g/mol. The van der Waals surface area contributed by atoms with Crippen LogP contribution in [0.3, 0.4) is 0 Å². The molecule has 1 N–H and O–H groups in total. The minimum atomic E-state index is -0.354. The molecule has 1 aromatic rings. The summed E-state index contributed by atoms with van der Waals surface area (Å²) in [6.07, 6.45) is 0. The molecule has 0 unspecified atom stereocenters. The number of ether oxygens (including phenoxy) is 2. The molecule has 0 saturated carbocycles. The van der Waals surface area contributed by atoms with Gasteiger partial charge >= 0.3 is 5.97 Å². The van der Waals surface area contributed by atoms with Gasteiger partial charge in [-0.1, -0.05) is 0 Å². The summed E-state index contributed by atoms with van der Waals surface area (Å²) in [5, 5.41) is 11.8. The van der Waals surface area contributed by atoms with Crippen LogP contribution in [0.4, 0.5) is 5.69 Å². The van der Waals surface area contributed by atoms with Crippen LogP contribution in [0.1, 0.15) is 12.5 Å². The Kier molecular flexibility index (Phi) is 4.82. The van der Waals surface area contributed by atoms with Crippen LogP contribution < -0.4 is 10.1 Å². The molecule has 0 aliphatic rings. The van der Waals surface area contributed by atoms with E-state index in [1.807, 2.05) is 6.07 Å². The predicted octanol–water partition coefficient (Wildman–Crippen LogP) is 1.54. The van der Waals surface area contributed by atoms with E-state index in [2.05, 4.69) is 5.32 Å². The number of hydrogen-bond acceptors (Lipinski definition) is 5. The lowest BCUT2D eigenvalue weighted by atomic mass is 10.2. The van der Waals surface area contributed by atoms with Crippen LogP contribution in [0.15, 0.2) is 18.2 Å². The van der Waals surface area contributed by atoms with Crippen molar-refractivity contribution >= 4 is 11.7 Å². The number of benzene rings is 1. The zero-order valence-corrected chi connectivity index (χ0v) is 9.82. The summed E-state index contributed by atoms with van der Waals surface area (Å²) in [6.45, 7) is 2.12. The Hall–Kier alpha value is -2.22. The van der Waals surface area contributed by atoms with Gasteiger partial charge in [0.1, 0.15) is 18.4 Å². The van der Waals surface area contributed by atoms with Gasteiger partial charge in [-0.2, -0.15) is 5.26 Å². The minimum absolute atomic E-state index is 0.0366. The topological polar surface area (TPSA) is 71.3 Å². The van der Waals surface area contributed by atoms with Crippen molar-refractivity contribution in [3.8, 4) is 11.8 Å². The van der Waals surface area contributed by atoms with E-state index in [1.54, 1.807) is 25.1 Å². The molecule has 90 valence electrons. The zero-order valence-electron chi connectivity index (χ0n) is 9.82. The SMILES string of the molecule is CCOC(=O)CNc1ccc(OC)cc1C#N. The van der Waals surface area contributed by atoms with Gasteiger partial charge in [-0.15, -0.1) is 0 Å². The summed E-state index contributed by atoms with van der Waals surface area (Å²) >= 11 is 0.